The Morgan fingerprint density at radius 2 is 1.86 bits per heavy atom. The molecular weight excluding hydrogens is 301 g/mol. The van der Waals surface area contributed by atoms with Crippen LogP contribution in [0, 0.1) is 0 Å². The summed E-state index contributed by atoms with van der Waals surface area (Å²) >= 11 is 0. The molecule has 1 N–H and O–H groups in total. The molecule has 0 bridgehead atoms. The van der Waals surface area contributed by atoms with Gasteiger partial charge >= 0.3 is 6.18 Å². The van der Waals surface area contributed by atoms with Gasteiger partial charge in [-0.2, -0.15) is 13.2 Å². The van der Waals surface area contributed by atoms with E-state index in [0.717, 1.165) is 19.3 Å². The average Bonchev–Trinajstić information content (AvgIpc) is 2.89. The Morgan fingerprint density at radius 1 is 1.18 bits per heavy atom. The Balaban J connectivity index is 1.64. The second kappa shape index (κ2) is 7.61. The van der Waals surface area contributed by atoms with Crippen molar-refractivity contribution in [1.29, 1.82) is 0 Å². The Morgan fingerprint density at radius 3 is 2.41 bits per heavy atom. The topological polar surface area (TPSA) is 53.0 Å². The molecule has 1 saturated heterocycles. The Kier molecular flexibility index (Phi) is 6.05. The standard InChI is InChI=1S/C14H23F3N2O3/c15-14(16,17)10-22-9-4-13(21)19-7-5-18(6-8-19)11-2-1-3-12(11)20/h11-12,20H,1-10H2. The summed E-state index contributed by atoms with van der Waals surface area (Å²) in [5.74, 6) is -0.172. The van der Waals surface area contributed by atoms with Gasteiger partial charge in [0, 0.05) is 32.2 Å². The largest absolute Gasteiger partial charge is 0.411 e. The van der Waals surface area contributed by atoms with Crippen molar-refractivity contribution in [3.05, 3.63) is 0 Å². The average molecular weight is 324 g/mol. The lowest BCUT2D eigenvalue weighted by molar-refractivity contribution is -0.175. The highest BCUT2D eigenvalue weighted by Gasteiger charge is 2.33. The lowest BCUT2D eigenvalue weighted by atomic mass is 10.1. The summed E-state index contributed by atoms with van der Waals surface area (Å²) in [5.41, 5.74) is 0. The summed E-state index contributed by atoms with van der Waals surface area (Å²) < 4.78 is 40.2. The van der Waals surface area contributed by atoms with Gasteiger partial charge in [0.15, 0.2) is 0 Å². The van der Waals surface area contributed by atoms with E-state index >= 15 is 0 Å². The van der Waals surface area contributed by atoms with E-state index in [-0.39, 0.29) is 31.1 Å². The maximum atomic E-state index is 11.9. The van der Waals surface area contributed by atoms with Crippen LogP contribution in [0.1, 0.15) is 25.7 Å². The van der Waals surface area contributed by atoms with Gasteiger partial charge in [-0.25, -0.2) is 0 Å². The van der Waals surface area contributed by atoms with Gasteiger partial charge in [0.25, 0.3) is 0 Å². The second-order valence-electron chi connectivity index (χ2n) is 5.90. The van der Waals surface area contributed by atoms with Crippen LogP contribution in [-0.4, -0.2) is 78.5 Å². The number of carbonyl (C=O) groups excluding carboxylic acids is 1. The zero-order valence-corrected chi connectivity index (χ0v) is 12.5. The molecular formula is C14H23F3N2O3. The fourth-order valence-corrected chi connectivity index (χ4v) is 3.16. The predicted octanol–water partition coefficient (Wildman–Crippen LogP) is 1.01. The van der Waals surface area contributed by atoms with Crippen LogP contribution >= 0.6 is 0 Å². The maximum Gasteiger partial charge on any atom is 0.411 e. The summed E-state index contributed by atoms with van der Waals surface area (Å²) in [6, 6.07) is 0.187. The smallest absolute Gasteiger partial charge is 0.391 e. The number of rotatable bonds is 5. The van der Waals surface area contributed by atoms with Crippen molar-refractivity contribution in [3.8, 4) is 0 Å². The van der Waals surface area contributed by atoms with Crippen molar-refractivity contribution in [2.24, 2.45) is 0 Å². The molecule has 22 heavy (non-hydrogen) atoms. The molecule has 8 heteroatoms. The third-order valence-electron chi connectivity index (χ3n) is 4.31. The van der Waals surface area contributed by atoms with Crippen LogP contribution in [0.2, 0.25) is 0 Å². The fourth-order valence-electron chi connectivity index (χ4n) is 3.16. The summed E-state index contributed by atoms with van der Waals surface area (Å²) in [7, 11) is 0. The number of piperazine rings is 1. The van der Waals surface area contributed by atoms with Crippen LogP contribution < -0.4 is 0 Å². The molecule has 2 rings (SSSR count). The lowest BCUT2D eigenvalue weighted by Crippen LogP contribution is -2.53. The molecule has 0 aromatic rings. The Hall–Kier alpha value is -0.860. The van der Waals surface area contributed by atoms with E-state index in [2.05, 4.69) is 9.64 Å². The molecule has 128 valence electrons. The summed E-state index contributed by atoms with van der Waals surface area (Å²) in [6.45, 7) is 1.00. The molecule has 2 atom stereocenters. The van der Waals surface area contributed by atoms with E-state index < -0.39 is 12.8 Å². The molecule has 0 aromatic heterocycles. The number of aliphatic hydroxyl groups is 1. The highest BCUT2D eigenvalue weighted by molar-refractivity contribution is 5.76. The maximum absolute atomic E-state index is 11.9. The SMILES string of the molecule is O=C(CCOCC(F)(F)F)N1CCN(C2CCCC2O)CC1. The number of ether oxygens (including phenoxy) is 1. The first kappa shape index (κ1) is 17.5. The number of aliphatic hydroxyl groups excluding tert-OH is 1. The van der Waals surface area contributed by atoms with Crippen LogP contribution in [0.25, 0.3) is 0 Å². The van der Waals surface area contributed by atoms with Crippen molar-refractivity contribution < 1.29 is 27.8 Å². The van der Waals surface area contributed by atoms with Gasteiger partial charge in [0.05, 0.1) is 19.1 Å². The van der Waals surface area contributed by atoms with Crippen LogP contribution in [0.3, 0.4) is 0 Å². The third kappa shape index (κ3) is 5.10. The summed E-state index contributed by atoms with van der Waals surface area (Å²) in [5, 5.41) is 9.89. The van der Waals surface area contributed by atoms with Crippen molar-refractivity contribution in [2.75, 3.05) is 39.4 Å². The van der Waals surface area contributed by atoms with Crippen LogP contribution in [0.5, 0.6) is 0 Å². The Bertz CT molecular complexity index is 371. The zero-order valence-electron chi connectivity index (χ0n) is 12.5. The molecule has 1 aliphatic carbocycles. The van der Waals surface area contributed by atoms with E-state index in [4.69, 9.17) is 0 Å². The number of hydrogen-bond acceptors (Lipinski definition) is 4. The predicted molar refractivity (Wildman–Crippen MR) is 73.3 cm³/mol. The van der Waals surface area contributed by atoms with E-state index in [1.165, 1.54) is 0 Å². The molecule has 2 fully saturated rings. The molecule has 1 amide bonds. The number of halogens is 3. The number of nitrogens with zero attached hydrogens (tertiary/aromatic N) is 2. The van der Waals surface area contributed by atoms with Crippen molar-refractivity contribution in [1.82, 2.24) is 9.80 Å². The van der Waals surface area contributed by atoms with E-state index in [9.17, 15) is 23.1 Å². The first-order valence-electron chi connectivity index (χ1n) is 7.71. The first-order valence-corrected chi connectivity index (χ1v) is 7.71. The van der Waals surface area contributed by atoms with E-state index in [1.54, 1.807) is 4.90 Å². The zero-order chi connectivity index (χ0) is 16.2. The second-order valence-corrected chi connectivity index (χ2v) is 5.90. The van der Waals surface area contributed by atoms with Gasteiger partial charge in [0.1, 0.15) is 6.61 Å². The minimum Gasteiger partial charge on any atom is -0.391 e. The highest BCUT2D eigenvalue weighted by atomic mass is 19.4. The molecule has 1 aliphatic heterocycles. The molecule has 5 nitrogen and oxygen atoms in total. The lowest BCUT2D eigenvalue weighted by Gasteiger charge is -2.39. The number of amides is 1. The Labute approximate surface area is 128 Å². The van der Waals surface area contributed by atoms with Gasteiger partial charge in [0.2, 0.25) is 5.91 Å². The van der Waals surface area contributed by atoms with Gasteiger partial charge in [-0.15, -0.1) is 0 Å². The number of alkyl halides is 3. The minimum absolute atomic E-state index is 0.0257. The van der Waals surface area contributed by atoms with Crippen molar-refractivity contribution in [3.63, 3.8) is 0 Å². The first-order chi connectivity index (χ1) is 10.4. The number of hydrogen-bond donors (Lipinski definition) is 1. The molecule has 1 saturated carbocycles. The highest BCUT2D eigenvalue weighted by Crippen LogP contribution is 2.25. The summed E-state index contributed by atoms with van der Waals surface area (Å²) in [4.78, 5) is 15.8. The van der Waals surface area contributed by atoms with Gasteiger partial charge in [-0.05, 0) is 19.3 Å². The van der Waals surface area contributed by atoms with Gasteiger partial charge < -0.3 is 14.7 Å². The van der Waals surface area contributed by atoms with Crippen LogP contribution in [0.4, 0.5) is 13.2 Å². The quantitative estimate of drug-likeness (QED) is 0.767. The molecule has 1 heterocycles. The summed E-state index contributed by atoms with van der Waals surface area (Å²) in [6.07, 6.45) is -1.81. The van der Waals surface area contributed by atoms with Crippen LogP contribution in [0.15, 0.2) is 0 Å². The molecule has 2 aliphatic rings. The van der Waals surface area contributed by atoms with Gasteiger partial charge in [-0.3, -0.25) is 9.69 Å². The monoisotopic (exact) mass is 324 g/mol. The van der Waals surface area contributed by atoms with Crippen molar-refractivity contribution >= 4 is 5.91 Å². The van der Waals surface area contributed by atoms with Crippen LogP contribution in [-0.2, 0) is 9.53 Å². The number of carbonyl (C=O) groups is 1. The normalized spacial score (nSPS) is 27.4. The minimum atomic E-state index is -4.35. The molecule has 0 radical (unpaired) electrons. The van der Waals surface area contributed by atoms with Crippen molar-refractivity contribution in [2.45, 2.75) is 44.0 Å². The fraction of sp³-hybridized carbons (Fsp3) is 0.929. The third-order valence-corrected chi connectivity index (χ3v) is 4.31. The molecule has 0 aromatic carbocycles. The molecule has 0 spiro atoms. The van der Waals surface area contributed by atoms with E-state index in [0.29, 0.717) is 26.2 Å². The van der Waals surface area contributed by atoms with E-state index in [1.807, 2.05) is 0 Å². The van der Waals surface area contributed by atoms with Gasteiger partial charge in [-0.1, -0.05) is 0 Å². The molecule has 2 unspecified atom stereocenters.